The first kappa shape index (κ1) is 33.7. The van der Waals surface area contributed by atoms with E-state index in [1.54, 1.807) is 29.2 Å². The predicted molar refractivity (Wildman–Crippen MR) is 161 cm³/mol. The van der Waals surface area contributed by atoms with Crippen LogP contribution in [0.3, 0.4) is 0 Å². The van der Waals surface area contributed by atoms with E-state index < -0.39 is 11.9 Å². The van der Waals surface area contributed by atoms with Crippen LogP contribution in [0.1, 0.15) is 45.2 Å². The van der Waals surface area contributed by atoms with Crippen LogP contribution in [0.5, 0.6) is 0 Å². The zero-order valence-electron chi connectivity index (χ0n) is 24.4. The van der Waals surface area contributed by atoms with Crippen molar-refractivity contribution < 1.29 is 33.8 Å². The minimum Gasteiger partial charge on any atom is -0.478 e. The van der Waals surface area contributed by atoms with Gasteiger partial charge in [-0.25, -0.2) is 14.0 Å². The lowest BCUT2D eigenvalue weighted by molar-refractivity contribution is -0.134. The van der Waals surface area contributed by atoms with E-state index in [2.05, 4.69) is 29.4 Å². The van der Waals surface area contributed by atoms with Crippen molar-refractivity contribution in [2.75, 3.05) is 31.1 Å². The SMILES string of the molecule is CC[C@@H](NC(=O)[C@@H]1CNC[C@H](N2CC(=O)N(c3ccccc3Cl)CC2(C)C)C1)c1ccccc1F.O=C(O)/C=C/C(=O)O. The number of nitrogens with one attached hydrogen (secondary N) is 2. The highest BCUT2D eigenvalue weighted by molar-refractivity contribution is 6.33. The Morgan fingerprint density at radius 1 is 1.09 bits per heavy atom. The zero-order valence-corrected chi connectivity index (χ0v) is 25.2. The molecule has 4 N–H and O–H groups in total. The topological polar surface area (TPSA) is 139 Å². The molecule has 0 aromatic heterocycles. The van der Waals surface area contributed by atoms with Crippen molar-refractivity contribution in [2.45, 2.75) is 51.2 Å². The van der Waals surface area contributed by atoms with Crippen molar-refractivity contribution in [3.05, 3.63) is 77.1 Å². The Morgan fingerprint density at radius 3 is 2.33 bits per heavy atom. The summed E-state index contributed by atoms with van der Waals surface area (Å²) in [5.74, 6) is -3.18. The molecule has 2 fully saturated rings. The Bertz CT molecular complexity index is 1340. The summed E-state index contributed by atoms with van der Waals surface area (Å²) < 4.78 is 14.3. The van der Waals surface area contributed by atoms with Gasteiger partial charge >= 0.3 is 11.9 Å². The molecule has 3 atom stereocenters. The number of nitrogens with zero attached hydrogens (tertiary/aromatic N) is 2. The van der Waals surface area contributed by atoms with Crippen molar-refractivity contribution in [1.82, 2.24) is 15.5 Å². The summed E-state index contributed by atoms with van der Waals surface area (Å²) in [4.78, 5) is 49.4. The molecule has 2 aliphatic heterocycles. The number of carboxylic acids is 2. The van der Waals surface area contributed by atoms with Gasteiger partial charge in [-0.2, -0.15) is 0 Å². The first-order valence-corrected chi connectivity index (χ1v) is 14.4. The van der Waals surface area contributed by atoms with Crippen LogP contribution in [0.25, 0.3) is 0 Å². The number of piperazine rings is 1. The van der Waals surface area contributed by atoms with Gasteiger partial charge in [-0.15, -0.1) is 0 Å². The number of anilines is 1. The summed E-state index contributed by atoms with van der Waals surface area (Å²) in [5, 5.41) is 22.6. The molecule has 0 bridgehead atoms. The van der Waals surface area contributed by atoms with Crippen molar-refractivity contribution in [2.24, 2.45) is 5.92 Å². The average molecular weight is 617 g/mol. The Kier molecular flexibility index (Phi) is 11.8. The minimum absolute atomic E-state index is 0.00500. The first-order valence-electron chi connectivity index (χ1n) is 14.0. The second kappa shape index (κ2) is 15.1. The van der Waals surface area contributed by atoms with E-state index in [1.807, 2.05) is 25.1 Å². The number of benzene rings is 2. The monoisotopic (exact) mass is 616 g/mol. The molecule has 0 aliphatic carbocycles. The molecule has 0 saturated carbocycles. The second-order valence-corrected chi connectivity index (χ2v) is 11.5. The maximum Gasteiger partial charge on any atom is 0.328 e. The maximum absolute atomic E-state index is 14.3. The molecule has 2 amide bonds. The van der Waals surface area contributed by atoms with E-state index >= 15 is 0 Å². The number of halogens is 2. The third-order valence-electron chi connectivity index (χ3n) is 7.59. The van der Waals surface area contributed by atoms with Gasteiger partial charge in [0.2, 0.25) is 11.8 Å². The fourth-order valence-corrected chi connectivity index (χ4v) is 5.71. The number of piperidine rings is 1. The van der Waals surface area contributed by atoms with Crippen LogP contribution in [-0.4, -0.2) is 76.6 Å². The predicted octanol–water partition coefficient (Wildman–Crippen LogP) is 3.86. The van der Waals surface area contributed by atoms with Crippen LogP contribution in [0, 0.1) is 11.7 Å². The Morgan fingerprint density at radius 2 is 1.72 bits per heavy atom. The Labute approximate surface area is 255 Å². The second-order valence-electron chi connectivity index (χ2n) is 11.1. The quantitative estimate of drug-likeness (QED) is 0.328. The van der Waals surface area contributed by atoms with Gasteiger partial charge in [0.1, 0.15) is 5.82 Å². The lowest BCUT2D eigenvalue weighted by Crippen LogP contribution is -2.67. The lowest BCUT2D eigenvalue weighted by atomic mass is 9.88. The molecule has 2 aliphatic rings. The number of rotatable bonds is 8. The van der Waals surface area contributed by atoms with E-state index in [9.17, 15) is 23.6 Å². The number of aliphatic carboxylic acids is 2. The van der Waals surface area contributed by atoms with Gasteiger partial charge in [0.25, 0.3) is 0 Å². The molecular formula is C31H38ClFN4O6. The van der Waals surface area contributed by atoms with Gasteiger partial charge in [-0.3, -0.25) is 14.5 Å². The van der Waals surface area contributed by atoms with Crippen LogP contribution < -0.4 is 15.5 Å². The highest BCUT2D eigenvalue weighted by Gasteiger charge is 2.44. The molecule has 0 spiro atoms. The van der Waals surface area contributed by atoms with Crippen LogP contribution in [0.2, 0.25) is 5.02 Å². The smallest absolute Gasteiger partial charge is 0.328 e. The van der Waals surface area contributed by atoms with Gasteiger partial charge in [0, 0.05) is 48.9 Å². The fraction of sp³-hybridized carbons (Fsp3) is 0.419. The van der Waals surface area contributed by atoms with E-state index in [-0.39, 0.29) is 47.7 Å². The van der Waals surface area contributed by atoms with E-state index in [0.29, 0.717) is 55.2 Å². The summed E-state index contributed by atoms with van der Waals surface area (Å²) in [7, 11) is 0. The van der Waals surface area contributed by atoms with Crippen molar-refractivity contribution in [1.29, 1.82) is 0 Å². The van der Waals surface area contributed by atoms with Crippen molar-refractivity contribution >= 4 is 41.0 Å². The first-order chi connectivity index (χ1) is 20.3. The zero-order chi connectivity index (χ0) is 31.7. The molecule has 232 valence electrons. The van der Waals surface area contributed by atoms with Crippen LogP contribution in [0.4, 0.5) is 10.1 Å². The highest BCUT2D eigenvalue weighted by Crippen LogP contribution is 2.34. The lowest BCUT2D eigenvalue weighted by Gasteiger charge is -2.51. The van der Waals surface area contributed by atoms with Crippen molar-refractivity contribution in [3.63, 3.8) is 0 Å². The summed E-state index contributed by atoms with van der Waals surface area (Å²) >= 11 is 6.38. The molecule has 12 heteroatoms. The number of hydrogen-bond donors (Lipinski definition) is 4. The molecule has 2 saturated heterocycles. The normalized spacial score (nSPS) is 21.0. The van der Waals surface area contributed by atoms with Crippen LogP contribution in [0.15, 0.2) is 60.7 Å². The maximum atomic E-state index is 14.3. The molecule has 0 radical (unpaired) electrons. The van der Waals surface area contributed by atoms with E-state index in [1.165, 1.54) is 6.07 Å². The largest absolute Gasteiger partial charge is 0.478 e. The number of amides is 2. The standard InChI is InChI=1S/C27H34ClFN4O2.C4H4O4/c1-4-23(20-9-5-7-11-22(20)29)31-26(35)18-13-19(15-30-14-18)33-16-25(34)32(17-27(33,2)3)24-12-8-6-10-21(24)28;5-3(6)1-2-4(7)8/h5-12,18-19,23,30H,4,13-17H2,1-3H3,(H,31,35);1-2H,(H,5,6)(H,7,8)/b;2-1+/t18-,19+,23+;/m0./s1. The molecule has 10 nitrogen and oxygen atoms in total. The molecular weight excluding hydrogens is 579 g/mol. The fourth-order valence-electron chi connectivity index (χ4n) is 5.47. The summed E-state index contributed by atoms with van der Waals surface area (Å²) in [6.07, 6.45) is 2.35. The molecule has 2 heterocycles. The molecule has 4 rings (SSSR count). The number of carboxylic acid groups (broad SMARTS) is 2. The van der Waals surface area contributed by atoms with Crippen molar-refractivity contribution in [3.8, 4) is 0 Å². The number of carbonyl (C=O) groups is 4. The highest BCUT2D eigenvalue weighted by atomic mass is 35.5. The Balaban J connectivity index is 0.000000557. The molecule has 0 unspecified atom stereocenters. The third-order valence-corrected chi connectivity index (χ3v) is 7.90. The van der Waals surface area contributed by atoms with Gasteiger partial charge < -0.3 is 25.7 Å². The summed E-state index contributed by atoms with van der Waals surface area (Å²) in [6.45, 7) is 8.21. The minimum atomic E-state index is -1.26. The summed E-state index contributed by atoms with van der Waals surface area (Å²) in [6, 6.07) is 13.6. The molecule has 43 heavy (non-hydrogen) atoms. The molecule has 2 aromatic rings. The number of para-hydroxylation sites is 1. The van der Waals surface area contributed by atoms with E-state index in [0.717, 1.165) is 5.69 Å². The van der Waals surface area contributed by atoms with Gasteiger partial charge in [0.05, 0.1) is 29.2 Å². The summed E-state index contributed by atoms with van der Waals surface area (Å²) in [5.41, 5.74) is 0.924. The van der Waals surface area contributed by atoms with Crippen LogP contribution >= 0.6 is 11.6 Å². The van der Waals surface area contributed by atoms with E-state index in [4.69, 9.17) is 21.8 Å². The number of carbonyl (C=O) groups excluding carboxylic acids is 2. The van der Waals surface area contributed by atoms with Gasteiger partial charge in [0.15, 0.2) is 0 Å². The third kappa shape index (κ3) is 9.09. The average Bonchev–Trinajstić information content (AvgIpc) is 2.97. The van der Waals surface area contributed by atoms with Gasteiger partial charge in [-0.05, 0) is 44.9 Å². The van der Waals surface area contributed by atoms with Gasteiger partial charge in [-0.1, -0.05) is 48.9 Å². The van der Waals surface area contributed by atoms with Crippen LogP contribution in [-0.2, 0) is 19.2 Å². The Hall–Kier alpha value is -3.80. The number of hydrogen-bond acceptors (Lipinski definition) is 6. The molecule has 2 aromatic carbocycles.